The molecule has 0 saturated carbocycles. The molecule has 2 heterocycles. The number of anilines is 1. The van der Waals surface area contributed by atoms with Crippen LogP contribution in [-0.4, -0.2) is 44.5 Å². The Morgan fingerprint density at radius 1 is 1.00 bits per heavy atom. The standard InChI is InChI=1S/C27H22F2N8O5/c1-39-23-12-17(4-11-22(23)41-14-16-2-5-18(28)6-3-16)13-31-33-27(38)24-21(15-40-20-9-7-19(29)8-10-20)37(36-32-24)26-25(30)34-42-35-26/h2-13H,14-15H2,1H3,(H2,30,34)(H,33,38). The van der Waals surface area contributed by atoms with E-state index in [1.807, 2.05) is 0 Å². The lowest BCUT2D eigenvalue weighted by molar-refractivity contribution is 0.0947. The van der Waals surface area contributed by atoms with Crippen LogP contribution in [0.2, 0.25) is 0 Å². The molecule has 0 spiro atoms. The molecule has 0 unspecified atom stereocenters. The largest absolute Gasteiger partial charge is 0.493 e. The smallest absolute Gasteiger partial charge is 0.293 e. The number of nitrogens with two attached hydrogens (primary N) is 1. The van der Waals surface area contributed by atoms with Crippen LogP contribution in [0, 0.1) is 11.6 Å². The van der Waals surface area contributed by atoms with Gasteiger partial charge in [0.2, 0.25) is 11.6 Å². The van der Waals surface area contributed by atoms with Crippen molar-refractivity contribution in [2.75, 3.05) is 12.8 Å². The van der Waals surface area contributed by atoms with Crippen LogP contribution >= 0.6 is 0 Å². The Hall–Kier alpha value is -5.86. The van der Waals surface area contributed by atoms with E-state index in [1.165, 1.54) is 49.7 Å². The number of rotatable bonds is 11. The van der Waals surface area contributed by atoms with Gasteiger partial charge in [-0.1, -0.05) is 17.3 Å². The maximum absolute atomic E-state index is 13.3. The number of carbonyl (C=O) groups excluding carboxylic acids is 1. The van der Waals surface area contributed by atoms with E-state index in [0.29, 0.717) is 22.8 Å². The van der Waals surface area contributed by atoms with Gasteiger partial charge < -0.3 is 19.9 Å². The number of halogens is 2. The molecular weight excluding hydrogens is 554 g/mol. The zero-order valence-electron chi connectivity index (χ0n) is 21.9. The van der Waals surface area contributed by atoms with E-state index >= 15 is 0 Å². The number of carbonyl (C=O) groups is 1. The van der Waals surface area contributed by atoms with Gasteiger partial charge in [0.15, 0.2) is 17.2 Å². The van der Waals surface area contributed by atoms with E-state index in [1.54, 1.807) is 30.3 Å². The number of benzene rings is 3. The number of hydrogen-bond donors (Lipinski definition) is 2. The third kappa shape index (κ3) is 6.47. The van der Waals surface area contributed by atoms with Crippen LogP contribution in [0.15, 0.2) is 76.5 Å². The quantitative estimate of drug-likeness (QED) is 0.176. The lowest BCUT2D eigenvalue weighted by atomic mass is 10.2. The van der Waals surface area contributed by atoms with Crippen LogP contribution in [0.5, 0.6) is 17.2 Å². The highest BCUT2D eigenvalue weighted by atomic mass is 19.1. The Morgan fingerprint density at radius 3 is 2.43 bits per heavy atom. The number of hydrogen-bond acceptors (Lipinski definition) is 11. The van der Waals surface area contributed by atoms with Gasteiger partial charge in [-0.3, -0.25) is 4.79 Å². The lowest BCUT2D eigenvalue weighted by Crippen LogP contribution is -2.21. The molecule has 0 radical (unpaired) electrons. The monoisotopic (exact) mass is 576 g/mol. The second-order valence-electron chi connectivity index (χ2n) is 8.54. The Morgan fingerprint density at radius 2 is 1.74 bits per heavy atom. The molecule has 13 nitrogen and oxygen atoms in total. The topological polar surface area (TPSA) is 165 Å². The highest BCUT2D eigenvalue weighted by Crippen LogP contribution is 2.28. The minimum Gasteiger partial charge on any atom is -0.493 e. The van der Waals surface area contributed by atoms with Crippen molar-refractivity contribution >= 4 is 17.9 Å². The summed E-state index contributed by atoms with van der Waals surface area (Å²) in [4.78, 5) is 13.0. The molecule has 0 aliphatic heterocycles. The maximum atomic E-state index is 13.3. The first-order chi connectivity index (χ1) is 20.4. The summed E-state index contributed by atoms with van der Waals surface area (Å²) in [6.45, 7) is -0.00193. The lowest BCUT2D eigenvalue weighted by Gasteiger charge is -2.11. The summed E-state index contributed by atoms with van der Waals surface area (Å²) in [5.74, 6) is -0.346. The van der Waals surface area contributed by atoms with Crippen LogP contribution in [0.1, 0.15) is 27.3 Å². The first-order valence-electron chi connectivity index (χ1n) is 12.2. The van der Waals surface area contributed by atoms with Gasteiger partial charge in [-0.25, -0.2) is 18.8 Å². The van der Waals surface area contributed by atoms with Crippen LogP contribution in [0.25, 0.3) is 5.82 Å². The fraction of sp³-hybridized carbons (Fsp3) is 0.111. The SMILES string of the molecule is COc1cc(C=NNC(=O)c2nnn(-c3nonc3N)c2COc2ccc(F)cc2)ccc1OCc1ccc(F)cc1. The summed E-state index contributed by atoms with van der Waals surface area (Å²) in [5.41, 5.74) is 9.56. The fourth-order valence-electron chi connectivity index (χ4n) is 3.64. The molecule has 0 atom stereocenters. The van der Waals surface area contributed by atoms with Crippen molar-refractivity contribution in [1.29, 1.82) is 0 Å². The fourth-order valence-corrected chi connectivity index (χ4v) is 3.64. The van der Waals surface area contributed by atoms with Gasteiger partial charge in [0.05, 0.1) is 13.3 Å². The third-order valence-corrected chi connectivity index (χ3v) is 5.74. The minimum absolute atomic E-state index is 0.00316. The Balaban J connectivity index is 1.28. The Bertz CT molecular complexity index is 1700. The molecule has 5 rings (SSSR count). The highest BCUT2D eigenvalue weighted by Gasteiger charge is 2.24. The number of nitrogen functional groups attached to an aromatic ring is 1. The zero-order valence-corrected chi connectivity index (χ0v) is 21.9. The van der Waals surface area contributed by atoms with Crippen molar-refractivity contribution in [3.63, 3.8) is 0 Å². The summed E-state index contributed by atoms with van der Waals surface area (Å²) in [6, 6.07) is 16.3. The van der Waals surface area contributed by atoms with Crippen LogP contribution in [0.4, 0.5) is 14.6 Å². The summed E-state index contributed by atoms with van der Waals surface area (Å²) in [7, 11) is 1.48. The summed E-state index contributed by atoms with van der Waals surface area (Å²) >= 11 is 0. The number of amides is 1. The van der Waals surface area contributed by atoms with Crippen molar-refractivity contribution in [3.8, 4) is 23.1 Å². The molecule has 2 aromatic heterocycles. The van der Waals surface area contributed by atoms with Crippen molar-refractivity contribution in [1.82, 2.24) is 30.7 Å². The molecule has 5 aromatic rings. The molecule has 0 aliphatic rings. The molecule has 214 valence electrons. The maximum Gasteiger partial charge on any atom is 0.293 e. The molecule has 42 heavy (non-hydrogen) atoms. The molecule has 0 fully saturated rings. The summed E-state index contributed by atoms with van der Waals surface area (Å²) < 4.78 is 49.1. The van der Waals surface area contributed by atoms with Crippen LogP contribution in [0.3, 0.4) is 0 Å². The van der Waals surface area contributed by atoms with Crippen molar-refractivity contribution < 1.29 is 32.4 Å². The average molecular weight is 577 g/mol. The zero-order chi connectivity index (χ0) is 29.5. The van der Waals surface area contributed by atoms with Crippen LogP contribution < -0.4 is 25.4 Å². The Labute approximate surface area is 236 Å². The van der Waals surface area contributed by atoms with E-state index in [-0.39, 0.29) is 42.1 Å². The number of hydrazone groups is 1. The normalized spacial score (nSPS) is 11.0. The third-order valence-electron chi connectivity index (χ3n) is 5.74. The predicted molar refractivity (Wildman–Crippen MR) is 143 cm³/mol. The molecule has 0 saturated heterocycles. The first-order valence-corrected chi connectivity index (χ1v) is 12.2. The molecular formula is C27H22F2N8O5. The predicted octanol–water partition coefficient (Wildman–Crippen LogP) is 3.44. The minimum atomic E-state index is -0.712. The van der Waals surface area contributed by atoms with Gasteiger partial charge in [-0.15, -0.1) is 5.10 Å². The molecule has 1 amide bonds. The van der Waals surface area contributed by atoms with Gasteiger partial charge in [0.25, 0.3) is 5.91 Å². The van der Waals surface area contributed by atoms with Gasteiger partial charge >= 0.3 is 0 Å². The molecule has 0 aliphatic carbocycles. The second kappa shape index (κ2) is 12.5. The summed E-state index contributed by atoms with van der Waals surface area (Å²) in [6.07, 6.45) is 1.39. The number of nitrogens with zero attached hydrogens (tertiary/aromatic N) is 6. The first kappa shape index (κ1) is 27.7. The summed E-state index contributed by atoms with van der Waals surface area (Å²) in [5, 5.41) is 19.1. The second-order valence-corrected chi connectivity index (χ2v) is 8.54. The number of nitrogens with one attached hydrogen (secondary N) is 1. The molecule has 3 aromatic carbocycles. The number of methoxy groups -OCH3 is 1. The van der Waals surface area contributed by atoms with E-state index in [4.69, 9.17) is 19.9 Å². The van der Waals surface area contributed by atoms with Gasteiger partial charge in [-0.2, -0.15) is 9.78 Å². The van der Waals surface area contributed by atoms with E-state index in [2.05, 4.69) is 35.8 Å². The number of ether oxygens (including phenoxy) is 3. The molecule has 15 heteroatoms. The highest BCUT2D eigenvalue weighted by molar-refractivity contribution is 5.94. The van der Waals surface area contributed by atoms with Gasteiger partial charge in [-0.05, 0) is 76.0 Å². The molecule has 0 bridgehead atoms. The van der Waals surface area contributed by atoms with Gasteiger partial charge in [0.1, 0.15) is 36.3 Å². The van der Waals surface area contributed by atoms with Gasteiger partial charge in [0, 0.05) is 0 Å². The van der Waals surface area contributed by atoms with Crippen molar-refractivity contribution in [3.05, 3.63) is 101 Å². The van der Waals surface area contributed by atoms with E-state index < -0.39 is 11.7 Å². The van der Waals surface area contributed by atoms with Crippen molar-refractivity contribution in [2.24, 2.45) is 5.10 Å². The van der Waals surface area contributed by atoms with Crippen molar-refractivity contribution in [2.45, 2.75) is 13.2 Å². The number of aromatic nitrogens is 5. The van der Waals surface area contributed by atoms with E-state index in [9.17, 15) is 13.6 Å². The molecule has 3 N–H and O–H groups in total. The Kier molecular flexibility index (Phi) is 8.27. The average Bonchev–Trinajstić information content (AvgIpc) is 3.62. The van der Waals surface area contributed by atoms with Crippen LogP contribution in [-0.2, 0) is 13.2 Å². The van der Waals surface area contributed by atoms with E-state index in [0.717, 1.165) is 10.2 Å².